The second-order valence-corrected chi connectivity index (χ2v) is 5.47. The fourth-order valence-corrected chi connectivity index (χ4v) is 1.88. The Hall–Kier alpha value is -2.85. The van der Waals surface area contributed by atoms with Crippen molar-refractivity contribution < 1.29 is 0 Å². The molecule has 0 aromatic heterocycles. The molecule has 0 N–H and O–H groups in total. The molecule has 0 amide bonds. The molecule has 0 aliphatic rings. The average Bonchev–Trinajstić information content (AvgIpc) is 2.65. The molecule has 0 saturated heterocycles. The van der Waals surface area contributed by atoms with Gasteiger partial charge in [-0.2, -0.15) is 5.26 Å². The van der Waals surface area contributed by atoms with Crippen molar-refractivity contribution in [3.05, 3.63) is 107 Å². The molecule has 0 bridgehead atoms. The summed E-state index contributed by atoms with van der Waals surface area (Å²) in [6.07, 6.45) is 1.14. The summed E-state index contributed by atoms with van der Waals surface area (Å²) >= 11 is 0. The van der Waals surface area contributed by atoms with Gasteiger partial charge in [0.2, 0.25) is 0 Å². The molecule has 0 saturated carbocycles. The number of nitrogens with zero attached hydrogens (tertiary/aromatic N) is 1. The van der Waals surface area contributed by atoms with E-state index in [2.05, 4.69) is 56.3 Å². The van der Waals surface area contributed by atoms with E-state index in [1.807, 2.05) is 55.5 Å². The average molecular weight is 315 g/mol. The summed E-state index contributed by atoms with van der Waals surface area (Å²) in [7, 11) is 0. The zero-order chi connectivity index (χ0) is 17.6. The van der Waals surface area contributed by atoms with E-state index >= 15 is 0 Å². The molecular weight excluding hydrogens is 290 g/mol. The first-order valence-electron chi connectivity index (χ1n) is 8.18. The van der Waals surface area contributed by atoms with Gasteiger partial charge in [0.05, 0.1) is 11.6 Å². The number of hydrogen-bond donors (Lipinski definition) is 0. The highest BCUT2D eigenvalue weighted by atomic mass is 14.2. The van der Waals surface area contributed by atoms with Crippen molar-refractivity contribution in [3.8, 4) is 6.07 Å². The Kier molecular flexibility index (Phi) is 9.34. The van der Waals surface area contributed by atoms with E-state index in [0.717, 1.165) is 12.0 Å². The molecule has 0 aliphatic heterocycles. The summed E-state index contributed by atoms with van der Waals surface area (Å²) in [5.41, 5.74) is 4.64. The zero-order valence-corrected chi connectivity index (χ0v) is 14.7. The lowest BCUT2D eigenvalue weighted by Gasteiger charge is -1.89. The first kappa shape index (κ1) is 19.2. The third-order valence-corrected chi connectivity index (χ3v) is 3.37. The minimum absolute atomic E-state index is 0.723. The van der Waals surface area contributed by atoms with Crippen LogP contribution in [0.15, 0.2) is 84.9 Å². The number of aryl methyl sites for hydroxylation is 3. The van der Waals surface area contributed by atoms with Crippen molar-refractivity contribution in [3.63, 3.8) is 0 Å². The zero-order valence-electron chi connectivity index (χ0n) is 14.7. The van der Waals surface area contributed by atoms with Crippen LogP contribution in [-0.2, 0) is 6.42 Å². The summed E-state index contributed by atoms with van der Waals surface area (Å²) < 4.78 is 0. The van der Waals surface area contributed by atoms with Crippen molar-refractivity contribution in [2.75, 3.05) is 0 Å². The van der Waals surface area contributed by atoms with Crippen molar-refractivity contribution >= 4 is 0 Å². The molecule has 3 aromatic carbocycles. The van der Waals surface area contributed by atoms with E-state index in [-0.39, 0.29) is 0 Å². The van der Waals surface area contributed by atoms with Crippen LogP contribution in [0.2, 0.25) is 0 Å². The SMILES string of the molecule is CCc1ccccc1.Cc1ccc(C#N)cc1.Cc1ccccc1. The van der Waals surface area contributed by atoms with E-state index in [1.165, 1.54) is 16.7 Å². The monoisotopic (exact) mass is 315 g/mol. The van der Waals surface area contributed by atoms with Crippen LogP contribution in [0.4, 0.5) is 0 Å². The summed E-state index contributed by atoms with van der Waals surface area (Å²) in [6, 6.07) is 30.3. The molecule has 0 heterocycles. The highest BCUT2D eigenvalue weighted by Gasteiger charge is 1.85. The van der Waals surface area contributed by atoms with E-state index in [4.69, 9.17) is 5.26 Å². The lowest BCUT2D eigenvalue weighted by molar-refractivity contribution is 1.14. The van der Waals surface area contributed by atoms with Gasteiger partial charge in [-0.3, -0.25) is 0 Å². The van der Waals surface area contributed by atoms with Crippen LogP contribution in [-0.4, -0.2) is 0 Å². The molecule has 0 spiro atoms. The number of hydrogen-bond acceptors (Lipinski definition) is 1. The van der Waals surface area contributed by atoms with Crippen LogP contribution in [0.1, 0.15) is 29.2 Å². The fraction of sp³-hybridized carbons (Fsp3) is 0.174. The topological polar surface area (TPSA) is 23.8 Å². The molecule has 122 valence electrons. The molecule has 0 radical (unpaired) electrons. The van der Waals surface area contributed by atoms with Crippen LogP contribution in [0.5, 0.6) is 0 Å². The van der Waals surface area contributed by atoms with E-state index < -0.39 is 0 Å². The van der Waals surface area contributed by atoms with Crippen LogP contribution in [0, 0.1) is 25.2 Å². The van der Waals surface area contributed by atoms with Gasteiger partial charge in [-0.25, -0.2) is 0 Å². The van der Waals surface area contributed by atoms with Crippen LogP contribution in [0.25, 0.3) is 0 Å². The van der Waals surface area contributed by atoms with Gasteiger partial charge in [-0.15, -0.1) is 0 Å². The van der Waals surface area contributed by atoms with Crippen LogP contribution >= 0.6 is 0 Å². The van der Waals surface area contributed by atoms with E-state index in [0.29, 0.717) is 0 Å². The highest BCUT2D eigenvalue weighted by Crippen LogP contribution is 2.00. The molecule has 0 unspecified atom stereocenters. The normalized spacial score (nSPS) is 8.75. The number of rotatable bonds is 1. The maximum Gasteiger partial charge on any atom is 0.0991 e. The molecule has 3 aromatic rings. The Morgan fingerprint density at radius 3 is 1.46 bits per heavy atom. The van der Waals surface area contributed by atoms with Gasteiger partial charge in [0.1, 0.15) is 0 Å². The standard InChI is InChI=1S/C8H7N.C8H10.C7H8/c1-7-2-4-8(6-9)5-3-7;1-2-8-6-4-3-5-7-8;1-7-5-3-2-4-6-7/h2-5H,1H3;3-7H,2H2,1H3;2-6H,1H3. The smallest absolute Gasteiger partial charge is 0.0991 e. The van der Waals surface area contributed by atoms with Gasteiger partial charge < -0.3 is 0 Å². The van der Waals surface area contributed by atoms with Crippen molar-refractivity contribution in [2.45, 2.75) is 27.2 Å². The Morgan fingerprint density at radius 1 is 0.667 bits per heavy atom. The fourth-order valence-electron chi connectivity index (χ4n) is 1.88. The van der Waals surface area contributed by atoms with Crippen LogP contribution in [0.3, 0.4) is 0 Å². The Labute approximate surface area is 146 Å². The van der Waals surface area contributed by atoms with Crippen molar-refractivity contribution in [1.82, 2.24) is 0 Å². The van der Waals surface area contributed by atoms with Gasteiger partial charge in [0, 0.05) is 0 Å². The molecule has 3 rings (SSSR count). The largest absolute Gasteiger partial charge is 0.192 e. The van der Waals surface area contributed by atoms with Crippen molar-refractivity contribution in [1.29, 1.82) is 5.26 Å². The minimum atomic E-state index is 0.723. The second-order valence-electron chi connectivity index (χ2n) is 5.47. The second kappa shape index (κ2) is 11.7. The van der Waals surface area contributed by atoms with Gasteiger partial charge in [0.25, 0.3) is 0 Å². The lowest BCUT2D eigenvalue weighted by atomic mass is 10.2. The van der Waals surface area contributed by atoms with E-state index in [1.54, 1.807) is 0 Å². The van der Waals surface area contributed by atoms with Gasteiger partial charge in [-0.05, 0) is 38.0 Å². The quantitative estimate of drug-likeness (QED) is 0.531. The highest BCUT2D eigenvalue weighted by molar-refractivity contribution is 5.30. The molecule has 0 aliphatic carbocycles. The molecule has 24 heavy (non-hydrogen) atoms. The molecule has 0 fully saturated rings. The summed E-state index contributed by atoms with van der Waals surface area (Å²) in [6.45, 7) is 6.25. The van der Waals surface area contributed by atoms with Crippen LogP contribution < -0.4 is 0 Å². The predicted molar refractivity (Wildman–Crippen MR) is 103 cm³/mol. The van der Waals surface area contributed by atoms with Gasteiger partial charge >= 0.3 is 0 Å². The summed E-state index contributed by atoms with van der Waals surface area (Å²) in [5.74, 6) is 0. The Balaban J connectivity index is 0.000000181. The third-order valence-electron chi connectivity index (χ3n) is 3.37. The Bertz CT molecular complexity index is 707. The first-order chi connectivity index (χ1) is 11.7. The van der Waals surface area contributed by atoms with Gasteiger partial charge in [-0.1, -0.05) is 90.8 Å². The molecule has 0 atom stereocenters. The summed E-state index contributed by atoms with van der Waals surface area (Å²) in [4.78, 5) is 0. The molecular formula is C23H25N. The minimum Gasteiger partial charge on any atom is -0.192 e. The number of nitriles is 1. The van der Waals surface area contributed by atoms with E-state index in [9.17, 15) is 0 Å². The number of benzene rings is 3. The predicted octanol–water partition coefficient (Wildman–Crippen LogP) is 6.11. The van der Waals surface area contributed by atoms with Gasteiger partial charge in [0.15, 0.2) is 0 Å². The Morgan fingerprint density at radius 2 is 1.12 bits per heavy atom. The first-order valence-corrected chi connectivity index (χ1v) is 8.18. The van der Waals surface area contributed by atoms with Crippen molar-refractivity contribution in [2.24, 2.45) is 0 Å². The maximum absolute atomic E-state index is 8.38. The third kappa shape index (κ3) is 8.56. The summed E-state index contributed by atoms with van der Waals surface area (Å²) in [5, 5.41) is 8.38. The molecule has 1 heteroatoms. The lowest BCUT2D eigenvalue weighted by Crippen LogP contribution is -1.73. The maximum atomic E-state index is 8.38. The molecule has 1 nitrogen and oxygen atoms in total.